The molecular weight excluding hydrogens is 453 g/mol. The van der Waals surface area contributed by atoms with Crippen LogP contribution in [0, 0.1) is 17.7 Å². The normalized spacial score (nSPS) is 10.8. The van der Waals surface area contributed by atoms with Gasteiger partial charge in [-0.1, -0.05) is 52.0 Å². The van der Waals surface area contributed by atoms with Crippen LogP contribution in [-0.2, 0) is 7.05 Å². The lowest BCUT2D eigenvalue weighted by Crippen LogP contribution is -2.06. The molecule has 0 aliphatic heterocycles. The minimum absolute atomic E-state index is 0.294. The predicted octanol–water partition coefficient (Wildman–Crippen LogP) is 6.16. The number of unbranched alkanes of at least 4 members (excludes halogenated alkanes) is 1. The zero-order valence-corrected chi connectivity index (χ0v) is 19.1. The van der Waals surface area contributed by atoms with Crippen LogP contribution in [0.15, 0.2) is 65.1 Å². The number of aryl methyl sites for hydroxylation is 1. The Bertz CT molecular complexity index is 1300. The van der Waals surface area contributed by atoms with Gasteiger partial charge in [-0.25, -0.2) is 4.39 Å². The smallest absolute Gasteiger partial charge is 0.133 e. The Morgan fingerprint density at radius 2 is 1.90 bits per heavy atom. The first kappa shape index (κ1) is 21.3. The van der Waals surface area contributed by atoms with Crippen LogP contribution in [0.2, 0.25) is 0 Å². The predicted molar refractivity (Wildman–Crippen MR) is 129 cm³/mol. The molecule has 0 unspecified atom stereocenters. The van der Waals surface area contributed by atoms with E-state index in [-0.39, 0.29) is 5.82 Å². The summed E-state index contributed by atoms with van der Waals surface area (Å²) in [5, 5.41) is 8.62. The molecule has 0 amide bonds. The Balaban J connectivity index is 1.70. The number of fused-ring (bicyclic) bond motifs is 1. The molecule has 0 saturated heterocycles. The topological polar surface area (TPSA) is 29.9 Å². The molecule has 0 aliphatic rings. The van der Waals surface area contributed by atoms with Crippen LogP contribution in [0.25, 0.3) is 33.3 Å². The van der Waals surface area contributed by atoms with Gasteiger partial charge in [0.2, 0.25) is 0 Å². The van der Waals surface area contributed by atoms with E-state index in [1.54, 1.807) is 10.7 Å². The fraction of sp³-hybridized carbons (Fsp3) is 0.192. The summed E-state index contributed by atoms with van der Waals surface area (Å²) in [5.41, 5.74) is 4.74. The zero-order valence-electron chi connectivity index (χ0n) is 17.5. The minimum atomic E-state index is -0.294. The van der Waals surface area contributed by atoms with Gasteiger partial charge in [0, 0.05) is 34.5 Å². The highest BCUT2D eigenvalue weighted by Gasteiger charge is 2.16. The number of hydrogen-bond donors (Lipinski definition) is 1. The molecule has 1 aromatic heterocycles. The van der Waals surface area contributed by atoms with Gasteiger partial charge in [-0.3, -0.25) is 4.68 Å². The molecule has 0 saturated carbocycles. The van der Waals surface area contributed by atoms with Crippen molar-refractivity contribution in [2.75, 3.05) is 13.6 Å². The van der Waals surface area contributed by atoms with E-state index in [1.165, 1.54) is 0 Å². The summed E-state index contributed by atoms with van der Waals surface area (Å²) in [6.45, 7) is 0.947. The number of nitrogens with one attached hydrogen (secondary N) is 1. The summed E-state index contributed by atoms with van der Waals surface area (Å²) in [4.78, 5) is 0. The van der Waals surface area contributed by atoms with E-state index in [1.807, 2.05) is 68.7 Å². The molecule has 0 aliphatic carbocycles. The van der Waals surface area contributed by atoms with Crippen molar-refractivity contribution >= 4 is 26.8 Å². The summed E-state index contributed by atoms with van der Waals surface area (Å²) >= 11 is 3.49. The van der Waals surface area contributed by atoms with E-state index in [9.17, 15) is 0 Å². The summed E-state index contributed by atoms with van der Waals surface area (Å²) in [6, 6.07) is 19.1. The number of halogens is 2. The highest BCUT2D eigenvalue weighted by atomic mass is 79.9. The van der Waals surface area contributed by atoms with Crippen LogP contribution < -0.4 is 5.32 Å². The van der Waals surface area contributed by atoms with Gasteiger partial charge in [0.1, 0.15) is 11.5 Å². The first-order valence-electron chi connectivity index (χ1n) is 10.2. The summed E-state index contributed by atoms with van der Waals surface area (Å²) in [5.74, 6) is 6.18. The van der Waals surface area contributed by atoms with E-state index in [0.29, 0.717) is 11.3 Å². The largest absolute Gasteiger partial charge is 0.320 e. The molecule has 4 aromatic rings. The van der Waals surface area contributed by atoms with Crippen LogP contribution in [0.4, 0.5) is 4.39 Å². The highest BCUT2D eigenvalue weighted by Crippen LogP contribution is 2.33. The van der Waals surface area contributed by atoms with Crippen molar-refractivity contribution < 1.29 is 4.39 Å². The van der Waals surface area contributed by atoms with Gasteiger partial charge in [0.15, 0.2) is 0 Å². The molecule has 4 rings (SSSR count). The summed E-state index contributed by atoms with van der Waals surface area (Å²) < 4.78 is 18.0. The molecule has 0 radical (unpaired) electrons. The zero-order chi connectivity index (χ0) is 21.8. The van der Waals surface area contributed by atoms with Crippen molar-refractivity contribution in [3.63, 3.8) is 0 Å². The Hall–Kier alpha value is -2.94. The average molecular weight is 476 g/mol. The minimum Gasteiger partial charge on any atom is -0.320 e. The highest BCUT2D eigenvalue weighted by molar-refractivity contribution is 9.10. The Kier molecular flexibility index (Phi) is 6.50. The van der Waals surface area contributed by atoms with Crippen molar-refractivity contribution in [3.8, 4) is 34.2 Å². The van der Waals surface area contributed by atoms with Crippen LogP contribution in [0.3, 0.4) is 0 Å². The third-order valence-electron chi connectivity index (χ3n) is 5.23. The third kappa shape index (κ3) is 4.56. The summed E-state index contributed by atoms with van der Waals surface area (Å²) in [7, 11) is 3.81. The first-order valence-corrected chi connectivity index (χ1v) is 11.0. The second-order valence-corrected chi connectivity index (χ2v) is 8.30. The molecule has 3 aromatic carbocycles. The first-order chi connectivity index (χ1) is 15.1. The molecule has 0 spiro atoms. The van der Waals surface area contributed by atoms with Crippen molar-refractivity contribution in [1.29, 1.82) is 0 Å². The Morgan fingerprint density at radius 1 is 1.06 bits per heavy atom. The lowest BCUT2D eigenvalue weighted by atomic mass is 9.97. The van der Waals surface area contributed by atoms with Gasteiger partial charge in [-0.05, 0) is 67.5 Å². The SMILES string of the molecule is CNCCCC#Cc1ccccc1-c1ccc(-c2nn(C)c3cc(Br)ccc23)c(F)c1. The van der Waals surface area contributed by atoms with E-state index in [0.717, 1.165) is 51.5 Å². The lowest BCUT2D eigenvalue weighted by molar-refractivity contribution is 0.630. The van der Waals surface area contributed by atoms with Crippen LogP contribution in [-0.4, -0.2) is 23.4 Å². The molecule has 3 nitrogen and oxygen atoms in total. The van der Waals surface area contributed by atoms with E-state index in [2.05, 4.69) is 38.2 Å². The monoisotopic (exact) mass is 475 g/mol. The number of hydrogen-bond acceptors (Lipinski definition) is 2. The fourth-order valence-electron chi connectivity index (χ4n) is 3.66. The van der Waals surface area contributed by atoms with Crippen molar-refractivity contribution in [3.05, 3.63) is 76.5 Å². The fourth-order valence-corrected chi connectivity index (χ4v) is 4.01. The van der Waals surface area contributed by atoms with Crippen molar-refractivity contribution in [2.24, 2.45) is 7.05 Å². The standard InChI is InChI=1S/C26H23BrFN3/c1-29-15-7-3-4-8-18-9-5-6-10-21(18)19-11-13-22(24(28)16-19)26-23-14-12-20(27)17-25(23)31(2)30-26/h5-6,9-14,16-17,29H,3,7,15H2,1-2H3. The third-order valence-corrected chi connectivity index (χ3v) is 5.72. The Labute approximate surface area is 190 Å². The number of rotatable bonds is 5. The van der Waals surface area contributed by atoms with Crippen molar-refractivity contribution in [1.82, 2.24) is 15.1 Å². The lowest BCUT2D eigenvalue weighted by Gasteiger charge is -2.08. The van der Waals surface area contributed by atoms with Crippen molar-refractivity contribution in [2.45, 2.75) is 12.8 Å². The van der Waals surface area contributed by atoms with E-state index < -0.39 is 0 Å². The maximum Gasteiger partial charge on any atom is 0.133 e. The van der Waals surface area contributed by atoms with Gasteiger partial charge in [0.05, 0.1) is 5.52 Å². The summed E-state index contributed by atoms with van der Waals surface area (Å²) in [6.07, 6.45) is 1.83. The van der Waals surface area contributed by atoms with E-state index in [4.69, 9.17) is 0 Å². The number of nitrogens with zero attached hydrogens (tertiary/aromatic N) is 2. The van der Waals surface area contributed by atoms with Crippen LogP contribution >= 0.6 is 15.9 Å². The molecule has 156 valence electrons. The quantitative estimate of drug-likeness (QED) is 0.276. The van der Waals surface area contributed by atoms with Gasteiger partial charge < -0.3 is 5.32 Å². The second-order valence-electron chi connectivity index (χ2n) is 7.38. The molecular formula is C26H23BrFN3. The molecule has 0 bridgehead atoms. The molecule has 5 heteroatoms. The maximum absolute atomic E-state index is 15.3. The molecule has 31 heavy (non-hydrogen) atoms. The molecule has 1 N–H and O–H groups in total. The number of aromatic nitrogens is 2. The second kappa shape index (κ2) is 9.47. The van der Waals surface area contributed by atoms with Gasteiger partial charge in [0.25, 0.3) is 0 Å². The van der Waals surface area contributed by atoms with Gasteiger partial charge in [-0.2, -0.15) is 5.10 Å². The van der Waals surface area contributed by atoms with Gasteiger partial charge in [-0.15, -0.1) is 0 Å². The number of benzene rings is 3. The Morgan fingerprint density at radius 3 is 2.71 bits per heavy atom. The van der Waals surface area contributed by atoms with Crippen LogP contribution in [0.1, 0.15) is 18.4 Å². The molecule has 1 heterocycles. The van der Waals surface area contributed by atoms with Gasteiger partial charge >= 0.3 is 0 Å². The van der Waals surface area contributed by atoms with Crippen LogP contribution in [0.5, 0.6) is 0 Å². The molecule has 0 fully saturated rings. The van der Waals surface area contributed by atoms with E-state index >= 15 is 4.39 Å². The molecule has 0 atom stereocenters. The maximum atomic E-state index is 15.3. The average Bonchev–Trinajstić information content (AvgIpc) is 3.09.